The number of nitrogen functional groups attached to an aromatic ring is 1. The molecule has 0 aromatic carbocycles. The molecule has 0 amide bonds. The van der Waals surface area contributed by atoms with Crippen LogP contribution in [0.1, 0.15) is 17.9 Å². The van der Waals surface area contributed by atoms with Gasteiger partial charge in [-0.2, -0.15) is 5.10 Å². The van der Waals surface area contributed by atoms with Crippen LogP contribution in [-0.4, -0.2) is 57.4 Å². The number of allylic oxidation sites excluding steroid dienone is 1. The van der Waals surface area contributed by atoms with E-state index in [2.05, 4.69) is 37.4 Å². The van der Waals surface area contributed by atoms with Gasteiger partial charge in [0.2, 0.25) is 0 Å². The van der Waals surface area contributed by atoms with E-state index in [0.29, 0.717) is 42.4 Å². The Balaban J connectivity index is 1.96. The molecule has 2 rings (SSSR count). The summed E-state index contributed by atoms with van der Waals surface area (Å²) in [4.78, 5) is 12.7. The van der Waals surface area contributed by atoms with E-state index in [1.165, 1.54) is 6.20 Å². The number of imidazole rings is 1. The first-order chi connectivity index (χ1) is 13.2. The van der Waals surface area contributed by atoms with Gasteiger partial charge in [-0.1, -0.05) is 6.08 Å². The quantitative estimate of drug-likeness (QED) is 0.290. The highest BCUT2D eigenvalue weighted by Gasteiger charge is 2.07. The molecule has 142 valence electrons. The molecule has 0 spiro atoms. The van der Waals surface area contributed by atoms with E-state index < -0.39 is 0 Å². The number of rotatable bonds is 11. The summed E-state index contributed by atoms with van der Waals surface area (Å²) in [7, 11) is 0. The van der Waals surface area contributed by atoms with E-state index in [-0.39, 0.29) is 12.4 Å². The first-order valence-electron chi connectivity index (χ1n) is 8.28. The standard InChI is InChI=1S/C17H23N9O/c1-20-26-8-6-22-15(26)4-2-3-5-23-17-16(19)24-12-14(25-17)13(10-18)11-21-7-9-27/h2,4,6,8,10-12,18,21,27H,1,3,5,7,9H2,(H2,19,24)(H,23,25)/b4-2-,13-11+,18-10?. The van der Waals surface area contributed by atoms with Crippen LogP contribution in [0.3, 0.4) is 0 Å². The lowest BCUT2D eigenvalue weighted by Crippen LogP contribution is -2.13. The van der Waals surface area contributed by atoms with E-state index in [0.717, 1.165) is 6.21 Å². The third-order valence-electron chi connectivity index (χ3n) is 3.44. The molecule has 0 radical (unpaired) electrons. The zero-order valence-electron chi connectivity index (χ0n) is 14.8. The molecule has 0 aliphatic carbocycles. The molecule has 0 aliphatic rings. The van der Waals surface area contributed by atoms with Crippen LogP contribution in [0.4, 0.5) is 11.6 Å². The van der Waals surface area contributed by atoms with Crippen molar-refractivity contribution >= 4 is 36.2 Å². The average molecular weight is 369 g/mol. The molecule has 6 N–H and O–H groups in total. The number of aliphatic hydroxyl groups is 1. The lowest BCUT2D eigenvalue weighted by molar-refractivity contribution is 0.298. The smallest absolute Gasteiger partial charge is 0.169 e. The fourth-order valence-electron chi connectivity index (χ4n) is 2.11. The van der Waals surface area contributed by atoms with E-state index in [4.69, 9.17) is 16.2 Å². The van der Waals surface area contributed by atoms with Gasteiger partial charge in [0.15, 0.2) is 17.5 Å². The van der Waals surface area contributed by atoms with Crippen LogP contribution >= 0.6 is 0 Å². The van der Waals surface area contributed by atoms with Gasteiger partial charge in [-0.25, -0.2) is 19.6 Å². The number of nitrogens with one attached hydrogen (secondary N) is 3. The Morgan fingerprint density at radius 1 is 1.41 bits per heavy atom. The van der Waals surface area contributed by atoms with Gasteiger partial charge in [0, 0.05) is 50.2 Å². The van der Waals surface area contributed by atoms with Crippen LogP contribution in [0.5, 0.6) is 0 Å². The van der Waals surface area contributed by atoms with Gasteiger partial charge in [0.05, 0.1) is 18.5 Å². The Labute approximate surface area is 157 Å². The molecule has 10 nitrogen and oxygen atoms in total. The van der Waals surface area contributed by atoms with Crippen molar-refractivity contribution in [3.63, 3.8) is 0 Å². The molecule has 0 atom stereocenters. The summed E-state index contributed by atoms with van der Waals surface area (Å²) in [5.41, 5.74) is 6.90. The fourth-order valence-corrected chi connectivity index (χ4v) is 2.11. The maximum Gasteiger partial charge on any atom is 0.169 e. The van der Waals surface area contributed by atoms with Gasteiger partial charge >= 0.3 is 0 Å². The second kappa shape index (κ2) is 10.5. The normalized spacial score (nSPS) is 11.5. The number of anilines is 2. The van der Waals surface area contributed by atoms with Crippen LogP contribution in [0.15, 0.2) is 36.0 Å². The Hall–Kier alpha value is -3.53. The van der Waals surface area contributed by atoms with Crippen LogP contribution in [-0.2, 0) is 0 Å². The average Bonchev–Trinajstić information content (AvgIpc) is 3.14. The van der Waals surface area contributed by atoms with Gasteiger partial charge in [0.1, 0.15) is 0 Å². The predicted molar refractivity (Wildman–Crippen MR) is 108 cm³/mol. The highest BCUT2D eigenvalue weighted by molar-refractivity contribution is 6.07. The molecule has 0 bridgehead atoms. The Bertz CT molecular complexity index is 826. The van der Waals surface area contributed by atoms with Crippen LogP contribution in [0.25, 0.3) is 11.6 Å². The number of hydrogen-bond donors (Lipinski definition) is 5. The molecular weight excluding hydrogens is 346 g/mol. The Kier molecular flexibility index (Phi) is 7.67. The van der Waals surface area contributed by atoms with Gasteiger partial charge < -0.3 is 26.9 Å². The van der Waals surface area contributed by atoms with Crippen LogP contribution < -0.4 is 16.4 Å². The topological polar surface area (TPSA) is 150 Å². The van der Waals surface area contributed by atoms with E-state index in [1.54, 1.807) is 23.3 Å². The first kappa shape index (κ1) is 19.8. The number of nitrogens with two attached hydrogens (primary N) is 1. The molecule has 0 saturated heterocycles. The molecule has 2 aromatic heterocycles. The number of aliphatic hydroxyl groups excluding tert-OH is 1. The summed E-state index contributed by atoms with van der Waals surface area (Å²) < 4.78 is 1.58. The zero-order valence-corrected chi connectivity index (χ0v) is 14.8. The Morgan fingerprint density at radius 3 is 3.00 bits per heavy atom. The highest BCUT2D eigenvalue weighted by atomic mass is 16.3. The van der Waals surface area contributed by atoms with Crippen molar-refractivity contribution in [2.24, 2.45) is 5.10 Å². The van der Waals surface area contributed by atoms with Gasteiger partial charge in [-0.3, -0.25) is 0 Å². The highest BCUT2D eigenvalue weighted by Crippen LogP contribution is 2.16. The summed E-state index contributed by atoms with van der Waals surface area (Å²) in [5, 5.41) is 26.1. The van der Waals surface area contributed by atoms with Crippen molar-refractivity contribution in [1.29, 1.82) is 5.41 Å². The summed E-state index contributed by atoms with van der Waals surface area (Å²) >= 11 is 0. The second-order valence-corrected chi connectivity index (χ2v) is 5.30. The molecule has 2 heterocycles. The largest absolute Gasteiger partial charge is 0.395 e. The second-order valence-electron chi connectivity index (χ2n) is 5.30. The van der Waals surface area contributed by atoms with Gasteiger partial charge in [-0.05, 0) is 12.5 Å². The summed E-state index contributed by atoms with van der Waals surface area (Å²) in [6.45, 7) is 4.45. The van der Waals surface area contributed by atoms with Gasteiger partial charge in [0.25, 0.3) is 0 Å². The minimum absolute atomic E-state index is 0.00136. The first-order valence-corrected chi connectivity index (χ1v) is 8.28. The fraction of sp³-hybridized carbons (Fsp3) is 0.235. The van der Waals surface area contributed by atoms with E-state index >= 15 is 0 Å². The molecule has 10 heteroatoms. The molecule has 0 saturated carbocycles. The number of aromatic nitrogens is 4. The monoisotopic (exact) mass is 369 g/mol. The summed E-state index contributed by atoms with van der Waals surface area (Å²) in [6, 6.07) is 0. The third-order valence-corrected chi connectivity index (χ3v) is 3.44. The summed E-state index contributed by atoms with van der Waals surface area (Å²) in [6.07, 6.45) is 12.1. The van der Waals surface area contributed by atoms with Crippen molar-refractivity contribution in [3.8, 4) is 0 Å². The number of nitrogens with zero attached hydrogens (tertiary/aromatic N) is 5. The maximum absolute atomic E-state index is 8.81. The summed E-state index contributed by atoms with van der Waals surface area (Å²) in [5.74, 6) is 1.43. The van der Waals surface area contributed by atoms with E-state index in [1.807, 2.05) is 12.2 Å². The molecule has 0 fully saturated rings. The van der Waals surface area contributed by atoms with Crippen molar-refractivity contribution in [3.05, 3.63) is 42.4 Å². The van der Waals surface area contributed by atoms with Crippen LogP contribution in [0, 0.1) is 5.41 Å². The zero-order chi connectivity index (χ0) is 19.5. The SMILES string of the molecule is C=Nn1ccnc1/C=C\CCNc1nc(/C(C=N)=C/NCCO)cnc1N. The molecule has 27 heavy (non-hydrogen) atoms. The lowest BCUT2D eigenvalue weighted by Gasteiger charge is -2.09. The minimum Gasteiger partial charge on any atom is -0.395 e. The Morgan fingerprint density at radius 2 is 2.26 bits per heavy atom. The minimum atomic E-state index is -0.00136. The number of hydrogen-bond acceptors (Lipinski definition) is 9. The van der Waals surface area contributed by atoms with E-state index in [9.17, 15) is 0 Å². The molecule has 0 unspecified atom stereocenters. The lowest BCUT2D eigenvalue weighted by atomic mass is 10.2. The van der Waals surface area contributed by atoms with Gasteiger partial charge in [-0.15, -0.1) is 0 Å². The van der Waals surface area contributed by atoms with Crippen molar-refractivity contribution in [2.75, 3.05) is 30.7 Å². The van der Waals surface area contributed by atoms with Crippen LogP contribution in [0.2, 0.25) is 0 Å². The molecule has 2 aromatic rings. The molecule has 0 aliphatic heterocycles. The molecular formula is C17H23N9O. The maximum atomic E-state index is 8.81. The van der Waals surface area contributed by atoms with Crippen molar-refractivity contribution < 1.29 is 5.11 Å². The van der Waals surface area contributed by atoms with Crippen molar-refractivity contribution in [1.82, 2.24) is 24.9 Å². The predicted octanol–water partition coefficient (Wildman–Crippen LogP) is 0.807. The van der Waals surface area contributed by atoms with Crippen molar-refractivity contribution in [2.45, 2.75) is 6.42 Å². The third kappa shape index (κ3) is 5.75.